The molecule has 0 aromatic rings. The summed E-state index contributed by atoms with van der Waals surface area (Å²) < 4.78 is 5.37. The van der Waals surface area contributed by atoms with Crippen molar-refractivity contribution in [2.75, 3.05) is 39.4 Å². The highest BCUT2D eigenvalue weighted by molar-refractivity contribution is 5.84. The fourth-order valence-electron chi connectivity index (χ4n) is 3.65. The van der Waals surface area contributed by atoms with Gasteiger partial charge in [-0.1, -0.05) is 0 Å². The maximum Gasteiger partial charge on any atom is 0.230 e. The van der Waals surface area contributed by atoms with Gasteiger partial charge in [0.1, 0.15) is 0 Å². The van der Waals surface area contributed by atoms with Crippen LogP contribution in [0, 0.1) is 5.41 Å². The van der Waals surface area contributed by atoms with Crippen LogP contribution in [0.5, 0.6) is 0 Å². The molecule has 1 atom stereocenters. The van der Waals surface area contributed by atoms with E-state index in [1.54, 1.807) is 0 Å². The summed E-state index contributed by atoms with van der Waals surface area (Å²) in [4.78, 5) is 28.4. The maximum absolute atomic E-state index is 12.9. The van der Waals surface area contributed by atoms with Crippen molar-refractivity contribution in [2.24, 2.45) is 11.1 Å². The second-order valence-corrected chi connectivity index (χ2v) is 6.13. The molecule has 20 heavy (non-hydrogen) atoms. The number of piperazine rings is 1. The van der Waals surface area contributed by atoms with E-state index in [0.717, 1.165) is 6.42 Å². The van der Waals surface area contributed by atoms with Gasteiger partial charge in [-0.3, -0.25) is 9.59 Å². The number of rotatable bonds is 2. The standard InChI is InChI=1S/C14H23N3O3/c15-10-14(3-7-20-8-4-14)13(19)16-5-6-17-11(9-16)1-2-12(17)18/h11H,1-10,15H2. The van der Waals surface area contributed by atoms with Gasteiger partial charge in [-0.15, -0.1) is 0 Å². The Kier molecular flexibility index (Phi) is 3.69. The van der Waals surface area contributed by atoms with Crippen LogP contribution in [0.25, 0.3) is 0 Å². The lowest BCUT2D eigenvalue weighted by molar-refractivity contribution is -0.151. The Hall–Kier alpha value is -1.14. The summed E-state index contributed by atoms with van der Waals surface area (Å²) in [7, 11) is 0. The molecule has 0 aromatic carbocycles. The van der Waals surface area contributed by atoms with Crippen molar-refractivity contribution in [3.05, 3.63) is 0 Å². The molecule has 0 spiro atoms. The molecule has 0 bridgehead atoms. The highest BCUT2D eigenvalue weighted by Crippen LogP contribution is 2.33. The van der Waals surface area contributed by atoms with Gasteiger partial charge in [0.15, 0.2) is 0 Å². The minimum atomic E-state index is -0.441. The second kappa shape index (κ2) is 5.33. The van der Waals surface area contributed by atoms with Gasteiger partial charge in [0.25, 0.3) is 0 Å². The summed E-state index contributed by atoms with van der Waals surface area (Å²) in [6.45, 7) is 3.61. The third-order valence-electron chi connectivity index (χ3n) is 5.08. The zero-order chi connectivity index (χ0) is 14.2. The molecule has 0 saturated carbocycles. The van der Waals surface area contributed by atoms with Crippen LogP contribution in [0.2, 0.25) is 0 Å². The Morgan fingerprint density at radius 1 is 1.35 bits per heavy atom. The van der Waals surface area contributed by atoms with E-state index in [9.17, 15) is 9.59 Å². The second-order valence-electron chi connectivity index (χ2n) is 6.13. The number of nitrogens with zero attached hydrogens (tertiary/aromatic N) is 2. The largest absolute Gasteiger partial charge is 0.381 e. The fourth-order valence-corrected chi connectivity index (χ4v) is 3.65. The van der Waals surface area contributed by atoms with Gasteiger partial charge in [-0.05, 0) is 19.3 Å². The minimum absolute atomic E-state index is 0.169. The number of nitrogens with two attached hydrogens (primary N) is 1. The van der Waals surface area contributed by atoms with Crippen LogP contribution in [0.3, 0.4) is 0 Å². The number of ether oxygens (including phenoxy) is 1. The van der Waals surface area contributed by atoms with Crippen molar-refractivity contribution in [2.45, 2.75) is 31.7 Å². The summed E-state index contributed by atoms with van der Waals surface area (Å²) in [5.41, 5.74) is 5.47. The molecule has 3 fully saturated rings. The smallest absolute Gasteiger partial charge is 0.230 e. The molecule has 0 radical (unpaired) electrons. The molecule has 3 rings (SSSR count). The zero-order valence-electron chi connectivity index (χ0n) is 11.8. The Morgan fingerprint density at radius 3 is 2.80 bits per heavy atom. The van der Waals surface area contributed by atoms with Gasteiger partial charge in [-0.2, -0.15) is 0 Å². The van der Waals surface area contributed by atoms with Crippen molar-refractivity contribution in [3.63, 3.8) is 0 Å². The van der Waals surface area contributed by atoms with Crippen molar-refractivity contribution in [1.82, 2.24) is 9.80 Å². The van der Waals surface area contributed by atoms with E-state index in [1.807, 2.05) is 9.80 Å². The first kappa shape index (κ1) is 13.8. The molecule has 0 aromatic heterocycles. The van der Waals surface area contributed by atoms with Gasteiger partial charge in [0.2, 0.25) is 11.8 Å². The highest BCUT2D eigenvalue weighted by atomic mass is 16.5. The zero-order valence-corrected chi connectivity index (χ0v) is 11.8. The van der Waals surface area contributed by atoms with Crippen LogP contribution in [0.1, 0.15) is 25.7 Å². The van der Waals surface area contributed by atoms with Gasteiger partial charge in [0.05, 0.1) is 5.41 Å². The molecule has 3 heterocycles. The lowest BCUT2D eigenvalue weighted by atomic mass is 9.78. The molecule has 3 aliphatic rings. The van der Waals surface area contributed by atoms with Crippen LogP contribution in [-0.4, -0.2) is 67.0 Å². The topological polar surface area (TPSA) is 75.9 Å². The Bertz CT molecular complexity index is 406. The van der Waals surface area contributed by atoms with Gasteiger partial charge < -0.3 is 20.3 Å². The van der Waals surface area contributed by atoms with E-state index in [2.05, 4.69) is 0 Å². The van der Waals surface area contributed by atoms with Crippen molar-refractivity contribution < 1.29 is 14.3 Å². The normalized spacial score (nSPS) is 29.4. The summed E-state index contributed by atoms with van der Waals surface area (Å²) in [5.74, 6) is 0.406. The molecule has 2 amide bonds. The van der Waals surface area contributed by atoms with E-state index in [1.165, 1.54) is 0 Å². The average Bonchev–Trinajstić information content (AvgIpc) is 2.88. The highest BCUT2D eigenvalue weighted by Gasteiger charge is 2.44. The van der Waals surface area contributed by atoms with Crippen LogP contribution in [-0.2, 0) is 14.3 Å². The Balaban J connectivity index is 1.69. The maximum atomic E-state index is 12.9. The number of fused-ring (bicyclic) bond motifs is 1. The number of carbonyl (C=O) groups excluding carboxylic acids is 2. The minimum Gasteiger partial charge on any atom is -0.381 e. The lowest BCUT2D eigenvalue weighted by Gasteiger charge is -2.43. The molecule has 1 unspecified atom stereocenters. The molecule has 3 saturated heterocycles. The summed E-state index contributed by atoms with van der Waals surface area (Å²) in [5, 5.41) is 0. The van der Waals surface area contributed by atoms with Crippen molar-refractivity contribution in [3.8, 4) is 0 Å². The first-order valence-electron chi connectivity index (χ1n) is 7.53. The third-order valence-corrected chi connectivity index (χ3v) is 5.08. The monoisotopic (exact) mass is 281 g/mol. The van der Waals surface area contributed by atoms with E-state index in [4.69, 9.17) is 10.5 Å². The average molecular weight is 281 g/mol. The molecule has 6 heteroatoms. The van der Waals surface area contributed by atoms with E-state index >= 15 is 0 Å². The quantitative estimate of drug-likeness (QED) is 0.745. The predicted molar refractivity (Wildman–Crippen MR) is 72.9 cm³/mol. The Morgan fingerprint density at radius 2 is 2.10 bits per heavy atom. The Labute approximate surface area is 119 Å². The van der Waals surface area contributed by atoms with E-state index < -0.39 is 5.41 Å². The number of carbonyl (C=O) groups is 2. The molecular weight excluding hydrogens is 258 g/mol. The molecule has 6 nitrogen and oxygen atoms in total. The van der Waals surface area contributed by atoms with E-state index in [0.29, 0.717) is 58.7 Å². The third kappa shape index (κ3) is 2.20. The number of hydrogen-bond acceptors (Lipinski definition) is 4. The van der Waals surface area contributed by atoms with Crippen LogP contribution < -0.4 is 5.73 Å². The first-order chi connectivity index (χ1) is 9.66. The summed E-state index contributed by atoms with van der Waals surface area (Å²) in [6, 6.07) is 0.217. The lowest BCUT2D eigenvalue weighted by Crippen LogP contribution is -2.58. The van der Waals surface area contributed by atoms with Crippen molar-refractivity contribution in [1.29, 1.82) is 0 Å². The van der Waals surface area contributed by atoms with Gasteiger partial charge in [-0.25, -0.2) is 0 Å². The van der Waals surface area contributed by atoms with Crippen LogP contribution in [0.4, 0.5) is 0 Å². The molecule has 112 valence electrons. The number of hydrogen-bond donors (Lipinski definition) is 1. The van der Waals surface area contributed by atoms with Crippen molar-refractivity contribution >= 4 is 11.8 Å². The van der Waals surface area contributed by atoms with Gasteiger partial charge >= 0.3 is 0 Å². The molecule has 0 aliphatic carbocycles. The van der Waals surface area contributed by atoms with E-state index in [-0.39, 0.29) is 17.9 Å². The predicted octanol–water partition coefficient (Wildman–Crippen LogP) is -0.425. The molecule has 3 aliphatic heterocycles. The number of amides is 2. The fraction of sp³-hybridized carbons (Fsp3) is 0.857. The van der Waals surface area contributed by atoms with Gasteiger partial charge in [0, 0.05) is 51.9 Å². The summed E-state index contributed by atoms with van der Waals surface area (Å²) >= 11 is 0. The van der Waals surface area contributed by atoms with Crippen LogP contribution >= 0.6 is 0 Å². The first-order valence-corrected chi connectivity index (χ1v) is 7.53. The van der Waals surface area contributed by atoms with Crippen LogP contribution in [0.15, 0.2) is 0 Å². The summed E-state index contributed by atoms with van der Waals surface area (Å²) in [6.07, 6.45) is 2.93. The molecular formula is C14H23N3O3. The SMILES string of the molecule is NCC1(C(=O)N2CCN3C(=O)CCC3C2)CCOCC1. The molecule has 2 N–H and O–H groups in total.